The maximum atomic E-state index is 5.75. The zero-order chi connectivity index (χ0) is 10.6. The van der Waals surface area contributed by atoms with Gasteiger partial charge in [0.05, 0.1) is 5.60 Å². The van der Waals surface area contributed by atoms with Gasteiger partial charge in [0, 0.05) is 39.2 Å². The Morgan fingerprint density at radius 3 is 2.21 bits per heavy atom. The molecular weight excluding hydrogens is 178 g/mol. The first-order valence-corrected chi connectivity index (χ1v) is 5.46. The second-order valence-corrected chi connectivity index (χ2v) is 4.39. The minimum Gasteiger partial charge on any atom is -0.381 e. The van der Waals surface area contributed by atoms with Crippen LogP contribution in [0.15, 0.2) is 0 Å². The summed E-state index contributed by atoms with van der Waals surface area (Å²) >= 11 is 0. The summed E-state index contributed by atoms with van der Waals surface area (Å²) in [5.41, 5.74) is -0.0266. The first-order chi connectivity index (χ1) is 6.66. The van der Waals surface area contributed by atoms with Gasteiger partial charge in [-0.15, -0.1) is 0 Å². The van der Waals surface area contributed by atoms with Crippen LogP contribution in [0.25, 0.3) is 0 Å². The summed E-state index contributed by atoms with van der Waals surface area (Å²) in [7, 11) is 3.83. The monoisotopic (exact) mass is 201 g/mol. The summed E-state index contributed by atoms with van der Waals surface area (Å²) in [5.74, 6) is 0.582. The van der Waals surface area contributed by atoms with E-state index in [1.54, 1.807) is 0 Å². The molecule has 0 aromatic rings. The Kier molecular flexibility index (Phi) is 4.35. The molecule has 1 aliphatic heterocycles. The zero-order valence-corrected chi connectivity index (χ0v) is 9.80. The van der Waals surface area contributed by atoms with Gasteiger partial charge in [0.25, 0.3) is 0 Å². The van der Waals surface area contributed by atoms with Crippen molar-refractivity contribution >= 4 is 0 Å². The van der Waals surface area contributed by atoms with E-state index in [1.807, 2.05) is 14.2 Å². The fourth-order valence-electron chi connectivity index (χ4n) is 2.56. The SMILES string of the molecule is CNC(C(C)C)C1(OC)CCOCC1. The molecule has 1 rings (SSSR count). The predicted octanol–water partition coefficient (Wildman–Crippen LogP) is 1.43. The number of hydrogen-bond donors (Lipinski definition) is 1. The number of hydrogen-bond acceptors (Lipinski definition) is 3. The van der Waals surface area contributed by atoms with Crippen LogP contribution in [0, 0.1) is 5.92 Å². The van der Waals surface area contributed by atoms with Crippen molar-refractivity contribution < 1.29 is 9.47 Å². The van der Waals surface area contributed by atoms with Gasteiger partial charge in [0.15, 0.2) is 0 Å². The molecule has 0 spiro atoms. The fraction of sp³-hybridized carbons (Fsp3) is 1.00. The van der Waals surface area contributed by atoms with E-state index in [1.165, 1.54) is 0 Å². The van der Waals surface area contributed by atoms with E-state index in [0.717, 1.165) is 26.1 Å². The Bertz CT molecular complexity index is 165. The molecule has 14 heavy (non-hydrogen) atoms. The van der Waals surface area contributed by atoms with Crippen LogP contribution in [0.1, 0.15) is 26.7 Å². The quantitative estimate of drug-likeness (QED) is 0.746. The van der Waals surface area contributed by atoms with Crippen molar-refractivity contribution in [1.82, 2.24) is 5.32 Å². The van der Waals surface area contributed by atoms with Gasteiger partial charge >= 0.3 is 0 Å². The molecule has 0 aromatic heterocycles. The zero-order valence-electron chi connectivity index (χ0n) is 9.80. The Morgan fingerprint density at radius 2 is 1.86 bits per heavy atom. The molecule has 0 aliphatic carbocycles. The molecule has 0 aromatic carbocycles. The summed E-state index contributed by atoms with van der Waals surface area (Å²) in [6, 6.07) is 0.413. The first kappa shape index (κ1) is 12.0. The highest BCUT2D eigenvalue weighted by atomic mass is 16.5. The van der Waals surface area contributed by atoms with E-state index < -0.39 is 0 Å². The number of ether oxygens (including phenoxy) is 2. The predicted molar refractivity (Wildman–Crippen MR) is 57.5 cm³/mol. The molecule has 84 valence electrons. The third kappa shape index (κ3) is 2.27. The Morgan fingerprint density at radius 1 is 1.29 bits per heavy atom. The maximum absolute atomic E-state index is 5.75. The third-order valence-corrected chi connectivity index (χ3v) is 3.29. The maximum Gasteiger partial charge on any atom is 0.0877 e. The lowest BCUT2D eigenvalue weighted by Crippen LogP contribution is -2.56. The Hall–Kier alpha value is -0.120. The smallest absolute Gasteiger partial charge is 0.0877 e. The van der Waals surface area contributed by atoms with Gasteiger partial charge in [0.2, 0.25) is 0 Å². The summed E-state index contributed by atoms with van der Waals surface area (Å²) < 4.78 is 11.1. The van der Waals surface area contributed by atoms with Crippen LogP contribution in [0.2, 0.25) is 0 Å². The van der Waals surface area contributed by atoms with E-state index in [4.69, 9.17) is 9.47 Å². The molecule has 1 unspecified atom stereocenters. The molecule has 1 saturated heterocycles. The summed E-state index contributed by atoms with van der Waals surface area (Å²) in [6.45, 7) is 6.10. The molecule has 0 radical (unpaired) electrons. The topological polar surface area (TPSA) is 30.5 Å². The van der Waals surface area contributed by atoms with Gasteiger partial charge in [-0.3, -0.25) is 0 Å². The fourth-order valence-corrected chi connectivity index (χ4v) is 2.56. The van der Waals surface area contributed by atoms with Crippen molar-refractivity contribution in [3.05, 3.63) is 0 Å². The van der Waals surface area contributed by atoms with Crippen molar-refractivity contribution in [2.24, 2.45) is 5.92 Å². The molecule has 1 aliphatic rings. The highest BCUT2D eigenvalue weighted by Gasteiger charge is 2.41. The molecule has 0 bridgehead atoms. The standard InChI is InChI=1S/C11H23NO2/c1-9(2)10(12-3)11(13-4)5-7-14-8-6-11/h9-10,12H,5-8H2,1-4H3. The van der Waals surface area contributed by atoms with Gasteiger partial charge in [-0.25, -0.2) is 0 Å². The molecule has 3 nitrogen and oxygen atoms in total. The van der Waals surface area contributed by atoms with E-state index in [-0.39, 0.29) is 5.60 Å². The van der Waals surface area contributed by atoms with Crippen LogP contribution in [0.4, 0.5) is 0 Å². The van der Waals surface area contributed by atoms with Crippen LogP contribution >= 0.6 is 0 Å². The second kappa shape index (κ2) is 5.10. The third-order valence-electron chi connectivity index (χ3n) is 3.29. The lowest BCUT2D eigenvalue weighted by Gasteiger charge is -2.44. The second-order valence-electron chi connectivity index (χ2n) is 4.39. The van der Waals surface area contributed by atoms with Gasteiger partial charge in [-0.05, 0) is 13.0 Å². The molecule has 0 amide bonds. The molecule has 1 heterocycles. The van der Waals surface area contributed by atoms with Gasteiger partial charge in [-0.1, -0.05) is 13.8 Å². The molecule has 3 heteroatoms. The summed E-state index contributed by atoms with van der Waals surface area (Å²) in [5, 5.41) is 3.38. The lowest BCUT2D eigenvalue weighted by atomic mass is 9.80. The number of nitrogens with one attached hydrogen (secondary N) is 1. The van der Waals surface area contributed by atoms with Crippen LogP contribution in [-0.4, -0.2) is 39.0 Å². The number of likely N-dealkylation sites (N-methyl/N-ethyl adjacent to an activating group) is 1. The average molecular weight is 201 g/mol. The van der Waals surface area contributed by atoms with Crippen LogP contribution in [-0.2, 0) is 9.47 Å². The molecule has 0 saturated carbocycles. The average Bonchev–Trinajstić information content (AvgIpc) is 2.19. The Labute approximate surface area is 87.2 Å². The van der Waals surface area contributed by atoms with Crippen LogP contribution in [0.3, 0.4) is 0 Å². The minimum atomic E-state index is -0.0266. The van der Waals surface area contributed by atoms with Crippen molar-refractivity contribution in [1.29, 1.82) is 0 Å². The van der Waals surface area contributed by atoms with Crippen molar-refractivity contribution in [3.63, 3.8) is 0 Å². The van der Waals surface area contributed by atoms with E-state index in [0.29, 0.717) is 12.0 Å². The lowest BCUT2D eigenvalue weighted by molar-refractivity contribution is -0.117. The van der Waals surface area contributed by atoms with E-state index in [9.17, 15) is 0 Å². The minimum absolute atomic E-state index is 0.0266. The van der Waals surface area contributed by atoms with Gasteiger partial charge in [0.1, 0.15) is 0 Å². The van der Waals surface area contributed by atoms with Crippen molar-refractivity contribution in [3.8, 4) is 0 Å². The highest BCUT2D eigenvalue weighted by molar-refractivity contribution is 4.95. The normalized spacial score (nSPS) is 23.8. The number of rotatable bonds is 4. The van der Waals surface area contributed by atoms with E-state index in [2.05, 4.69) is 19.2 Å². The summed E-state index contributed by atoms with van der Waals surface area (Å²) in [6.07, 6.45) is 1.99. The van der Waals surface area contributed by atoms with Crippen molar-refractivity contribution in [2.45, 2.75) is 38.3 Å². The first-order valence-electron chi connectivity index (χ1n) is 5.46. The van der Waals surface area contributed by atoms with E-state index >= 15 is 0 Å². The van der Waals surface area contributed by atoms with Crippen LogP contribution < -0.4 is 5.32 Å². The number of methoxy groups -OCH3 is 1. The molecule has 1 fully saturated rings. The van der Waals surface area contributed by atoms with Gasteiger partial charge < -0.3 is 14.8 Å². The van der Waals surface area contributed by atoms with Crippen molar-refractivity contribution in [2.75, 3.05) is 27.4 Å². The molecule has 1 N–H and O–H groups in total. The summed E-state index contributed by atoms with van der Waals surface area (Å²) in [4.78, 5) is 0. The Balaban J connectivity index is 2.74. The largest absolute Gasteiger partial charge is 0.381 e. The molecule has 1 atom stereocenters. The van der Waals surface area contributed by atoms with Gasteiger partial charge in [-0.2, -0.15) is 0 Å². The van der Waals surface area contributed by atoms with Crippen LogP contribution in [0.5, 0.6) is 0 Å². The molecular formula is C11H23NO2. The highest BCUT2D eigenvalue weighted by Crippen LogP contribution is 2.31.